The van der Waals surface area contributed by atoms with Gasteiger partial charge in [-0.3, -0.25) is 4.79 Å². The van der Waals surface area contributed by atoms with Crippen LogP contribution in [0.2, 0.25) is 0 Å². The Hall–Kier alpha value is -0.570. The van der Waals surface area contributed by atoms with E-state index < -0.39 is 0 Å². The first-order valence-electron chi connectivity index (χ1n) is 7.23. The van der Waals surface area contributed by atoms with Crippen LogP contribution in [-0.2, 0) is 9.53 Å². The number of ether oxygens (including phenoxy) is 1. The third-order valence-corrected chi connectivity index (χ3v) is 4.48. The first-order chi connectivity index (χ1) is 8.31. The number of hydrogen-bond acceptors (Lipinski definition) is 3. The van der Waals surface area contributed by atoms with Crippen molar-refractivity contribution < 1.29 is 9.53 Å². The summed E-state index contributed by atoms with van der Waals surface area (Å²) in [6.07, 6.45) is 4.29. The maximum absolute atomic E-state index is 12.3. The number of hydrogen-bond donors (Lipinski definition) is 1. The molecule has 104 valence electrons. The lowest BCUT2D eigenvalue weighted by molar-refractivity contribution is -0.163. The topological polar surface area (TPSA) is 38.3 Å². The van der Waals surface area contributed by atoms with Crippen LogP contribution in [0.5, 0.6) is 0 Å². The molecule has 3 nitrogen and oxygen atoms in total. The zero-order valence-electron chi connectivity index (χ0n) is 12.2. The van der Waals surface area contributed by atoms with Gasteiger partial charge in [-0.15, -0.1) is 0 Å². The molecule has 0 amide bonds. The van der Waals surface area contributed by atoms with Gasteiger partial charge in [0.2, 0.25) is 0 Å². The molecule has 1 heterocycles. The van der Waals surface area contributed by atoms with Crippen LogP contribution < -0.4 is 5.32 Å². The molecule has 0 aromatic carbocycles. The third-order valence-electron chi connectivity index (χ3n) is 4.48. The predicted octanol–water partition coefficient (Wildman–Crippen LogP) is 2.74. The highest BCUT2D eigenvalue weighted by Gasteiger charge is 2.41. The maximum Gasteiger partial charge on any atom is 0.313 e. The van der Waals surface area contributed by atoms with Gasteiger partial charge in [-0.2, -0.15) is 0 Å². The minimum Gasteiger partial charge on any atom is -0.462 e. The van der Waals surface area contributed by atoms with Crippen LogP contribution in [0.15, 0.2) is 0 Å². The van der Waals surface area contributed by atoms with E-state index in [0.29, 0.717) is 11.3 Å². The quantitative estimate of drug-likeness (QED) is 0.769. The summed E-state index contributed by atoms with van der Waals surface area (Å²) in [4.78, 5) is 12.3. The largest absolute Gasteiger partial charge is 0.462 e. The summed E-state index contributed by atoms with van der Waals surface area (Å²) >= 11 is 0. The summed E-state index contributed by atoms with van der Waals surface area (Å²) in [7, 11) is 0. The Bertz CT molecular complexity index is 318. The molecule has 2 aliphatic rings. The van der Waals surface area contributed by atoms with Crippen molar-refractivity contribution in [3.8, 4) is 0 Å². The summed E-state index contributed by atoms with van der Waals surface area (Å²) in [5, 5.41) is 3.26. The van der Waals surface area contributed by atoms with Crippen LogP contribution in [-0.4, -0.2) is 25.2 Å². The summed E-state index contributed by atoms with van der Waals surface area (Å²) in [6, 6.07) is 0. The molecule has 1 saturated carbocycles. The van der Waals surface area contributed by atoms with Crippen molar-refractivity contribution in [2.45, 2.75) is 59.5 Å². The van der Waals surface area contributed by atoms with Crippen molar-refractivity contribution in [3.05, 3.63) is 0 Å². The van der Waals surface area contributed by atoms with Crippen LogP contribution >= 0.6 is 0 Å². The first-order valence-corrected chi connectivity index (χ1v) is 7.23. The van der Waals surface area contributed by atoms with Gasteiger partial charge in [-0.05, 0) is 50.5 Å². The molecule has 0 spiro atoms. The molecule has 0 aromatic rings. The average Bonchev–Trinajstić information content (AvgIpc) is 2.63. The molecule has 1 aliphatic carbocycles. The lowest BCUT2D eigenvalue weighted by Crippen LogP contribution is -2.39. The Kier molecular flexibility index (Phi) is 3.72. The highest BCUT2D eigenvalue weighted by atomic mass is 16.5. The highest BCUT2D eigenvalue weighted by Crippen LogP contribution is 2.40. The van der Waals surface area contributed by atoms with Crippen molar-refractivity contribution in [1.29, 1.82) is 0 Å². The lowest BCUT2D eigenvalue weighted by atomic mass is 9.71. The summed E-state index contributed by atoms with van der Waals surface area (Å²) in [5.41, 5.74) is 0.00225. The summed E-state index contributed by atoms with van der Waals surface area (Å²) in [5.74, 6) is 0.656. The minimum atomic E-state index is -0.301. The zero-order valence-corrected chi connectivity index (χ0v) is 12.2. The van der Waals surface area contributed by atoms with Gasteiger partial charge >= 0.3 is 5.97 Å². The maximum atomic E-state index is 12.3. The minimum absolute atomic E-state index is 0.00222. The Morgan fingerprint density at radius 3 is 2.56 bits per heavy atom. The van der Waals surface area contributed by atoms with Crippen molar-refractivity contribution in [1.82, 2.24) is 5.32 Å². The van der Waals surface area contributed by atoms with E-state index in [1.54, 1.807) is 0 Å². The number of carbonyl (C=O) groups excluding carboxylic acids is 1. The summed E-state index contributed by atoms with van der Waals surface area (Å²) < 4.78 is 5.81. The molecule has 3 atom stereocenters. The Morgan fingerprint density at radius 2 is 2.00 bits per heavy atom. The molecule has 18 heavy (non-hydrogen) atoms. The van der Waals surface area contributed by atoms with Gasteiger partial charge in [-0.25, -0.2) is 0 Å². The fraction of sp³-hybridized carbons (Fsp3) is 0.933. The number of rotatable bonds is 2. The van der Waals surface area contributed by atoms with E-state index in [0.717, 1.165) is 32.4 Å². The predicted molar refractivity (Wildman–Crippen MR) is 72.3 cm³/mol. The van der Waals surface area contributed by atoms with Gasteiger partial charge in [-0.1, -0.05) is 20.8 Å². The van der Waals surface area contributed by atoms with Crippen LogP contribution in [0.4, 0.5) is 0 Å². The second-order valence-electron chi connectivity index (χ2n) is 7.43. The monoisotopic (exact) mass is 253 g/mol. The second kappa shape index (κ2) is 4.84. The molecule has 0 aromatic heterocycles. The fourth-order valence-electron chi connectivity index (χ4n) is 3.63. The van der Waals surface area contributed by atoms with Gasteiger partial charge in [0.1, 0.15) is 6.10 Å². The lowest BCUT2D eigenvalue weighted by Gasteiger charge is -2.39. The van der Waals surface area contributed by atoms with Gasteiger partial charge in [0.25, 0.3) is 0 Å². The van der Waals surface area contributed by atoms with E-state index in [1.165, 1.54) is 6.42 Å². The van der Waals surface area contributed by atoms with E-state index >= 15 is 0 Å². The molecule has 2 fully saturated rings. The molecule has 2 rings (SSSR count). The van der Waals surface area contributed by atoms with E-state index in [2.05, 4.69) is 26.1 Å². The van der Waals surface area contributed by atoms with E-state index in [-0.39, 0.29) is 17.5 Å². The van der Waals surface area contributed by atoms with E-state index in [4.69, 9.17) is 4.74 Å². The van der Waals surface area contributed by atoms with Crippen molar-refractivity contribution in [3.63, 3.8) is 0 Å². The Morgan fingerprint density at radius 1 is 1.28 bits per heavy atom. The standard InChI is InChI=1S/C15H27NO2/c1-11-7-12(9-14(2,3)8-11)18-13(17)15(4)5-6-16-10-15/h11-12,16H,5-10H2,1-4H3. The van der Waals surface area contributed by atoms with Gasteiger partial charge in [0.15, 0.2) is 0 Å². The van der Waals surface area contributed by atoms with Crippen LogP contribution in [0.25, 0.3) is 0 Å². The van der Waals surface area contributed by atoms with E-state index in [9.17, 15) is 4.79 Å². The average molecular weight is 253 g/mol. The molecule has 0 radical (unpaired) electrons. The second-order valence-corrected chi connectivity index (χ2v) is 7.43. The van der Waals surface area contributed by atoms with Gasteiger partial charge in [0.05, 0.1) is 5.41 Å². The molecule has 1 aliphatic heterocycles. The molecule has 1 saturated heterocycles. The molecule has 1 N–H and O–H groups in total. The normalized spacial score (nSPS) is 39.6. The molecular weight excluding hydrogens is 226 g/mol. The summed E-state index contributed by atoms with van der Waals surface area (Å²) in [6.45, 7) is 10.5. The first kappa shape index (κ1) is 13.9. The van der Waals surface area contributed by atoms with Gasteiger partial charge < -0.3 is 10.1 Å². The Balaban J connectivity index is 1.94. The highest BCUT2D eigenvalue weighted by molar-refractivity contribution is 5.77. The number of esters is 1. The van der Waals surface area contributed by atoms with Crippen molar-refractivity contribution >= 4 is 5.97 Å². The van der Waals surface area contributed by atoms with Crippen molar-refractivity contribution in [2.24, 2.45) is 16.7 Å². The zero-order chi connectivity index (χ0) is 13.4. The molecular formula is C15H27NO2. The van der Waals surface area contributed by atoms with Gasteiger partial charge in [0, 0.05) is 6.54 Å². The number of carbonyl (C=O) groups is 1. The molecule has 0 bridgehead atoms. The van der Waals surface area contributed by atoms with Crippen LogP contribution in [0, 0.1) is 16.7 Å². The smallest absolute Gasteiger partial charge is 0.313 e. The molecule has 3 unspecified atom stereocenters. The number of nitrogens with one attached hydrogen (secondary N) is 1. The fourth-order valence-corrected chi connectivity index (χ4v) is 3.63. The van der Waals surface area contributed by atoms with Crippen molar-refractivity contribution in [2.75, 3.05) is 13.1 Å². The van der Waals surface area contributed by atoms with Crippen LogP contribution in [0.3, 0.4) is 0 Å². The molecule has 3 heteroatoms. The SMILES string of the molecule is CC1CC(OC(=O)C2(C)CCNC2)CC(C)(C)C1. The van der Waals surface area contributed by atoms with Crippen LogP contribution in [0.1, 0.15) is 53.4 Å². The Labute approximate surface area is 111 Å². The van der Waals surface area contributed by atoms with E-state index in [1.807, 2.05) is 6.92 Å². The third kappa shape index (κ3) is 3.05.